The van der Waals surface area contributed by atoms with Crippen LogP contribution < -0.4 is 5.32 Å². The number of nitrogens with one attached hydrogen (secondary N) is 1. The summed E-state index contributed by atoms with van der Waals surface area (Å²) in [6.07, 6.45) is 7.60. The molecule has 1 N–H and O–H groups in total. The number of carbonyl (C=O) groups excluding carboxylic acids is 1. The molecule has 1 aromatic carbocycles. The van der Waals surface area contributed by atoms with E-state index in [-0.39, 0.29) is 6.03 Å². The Morgan fingerprint density at radius 1 is 1.00 bits per heavy atom. The van der Waals surface area contributed by atoms with Gasteiger partial charge < -0.3 is 10.2 Å². The largest absolute Gasteiger partial charge is 0.338 e. The minimum Gasteiger partial charge on any atom is -0.338 e. The minimum absolute atomic E-state index is 0.0717. The number of carbonyl (C=O) groups is 1. The van der Waals surface area contributed by atoms with Gasteiger partial charge in [-0.05, 0) is 24.5 Å². The van der Waals surface area contributed by atoms with Crippen LogP contribution in [0, 0.1) is 5.92 Å². The van der Waals surface area contributed by atoms with Gasteiger partial charge in [-0.3, -0.25) is 0 Å². The van der Waals surface area contributed by atoms with Crippen molar-refractivity contribution in [2.75, 3.05) is 32.7 Å². The molecule has 0 bridgehead atoms. The molecule has 1 saturated heterocycles. The molecule has 0 spiro atoms. The second-order valence-corrected chi connectivity index (χ2v) is 9.17. The molecule has 1 saturated carbocycles. The number of rotatable bonds is 5. The van der Waals surface area contributed by atoms with Crippen LogP contribution >= 0.6 is 0 Å². The number of hydrogen-bond donors (Lipinski definition) is 1. The summed E-state index contributed by atoms with van der Waals surface area (Å²) >= 11 is 0. The van der Waals surface area contributed by atoms with Gasteiger partial charge in [0.2, 0.25) is 10.0 Å². The summed E-state index contributed by atoms with van der Waals surface area (Å²) in [5, 5.41) is 3.00. The Bertz CT molecular complexity index is 679. The number of sulfonamides is 1. The molecule has 0 atom stereocenters. The van der Waals surface area contributed by atoms with Crippen molar-refractivity contribution in [2.45, 2.75) is 43.4 Å². The Labute approximate surface area is 156 Å². The summed E-state index contributed by atoms with van der Waals surface area (Å²) < 4.78 is 26.7. The number of nitrogens with zero attached hydrogens (tertiary/aromatic N) is 2. The molecule has 2 fully saturated rings. The maximum absolute atomic E-state index is 12.6. The number of benzene rings is 1. The first-order valence-electron chi connectivity index (χ1n) is 9.65. The van der Waals surface area contributed by atoms with Gasteiger partial charge in [0, 0.05) is 32.7 Å². The highest BCUT2D eigenvalue weighted by atomic mass is 32.2. The Kier molecular flexibility index (Phi) is 6.53. The number of hydrogen-bond acceptors (Lipinski definition) is 3. The fraction of sp³-hybridized carbons (Fsp3) is 0.632. The average molecular weight is 380 g/mol. The zero-order chi connectivity index (χ0) is 18.4. The van der Waals surface area contributed by atoms with Crippen molar-refractivity contribution in [3.63, 3.8) is 0 Å². The summed E-state index contributed by atoms with van der Waals surface area (Å²) in [5.74, 6) is 0.747. The fourth-order valence-electron chi connectivity index (χ4n) is 3.84. The maximum Gasteiger partial charge on any atom is 0.317 e. The highest BCUT2D eigenvalue weighted by molar-refractivity contribution is 7.89. The molecule has 6 nitrogen and oxygen atoms in total. The molecular weight excluding hydrogens is 350 g/mol. The Balaban J connectivity index is 1.43. The summed E-state index contributed by atoms with van der Waals surface area (Å²) in [4.78, 5) is 14.3. The van der Waals surface area contributed by atoms with E-state index in [0.717, 1.165) is 12.3 Å². The van der Waals surface area contributed by atoms with E-state index in [1.807, 2.05) is 0 Å². The topological polar surface area (TPSA) is 69.7 Å². The molecule has 1 aliphatic heterocycles. The van der Waals surface area contributed by atoms with E-state index in [4.69, 9.17) is 0 Å². The molecule has 1 aliphatic carbocycles. The average Bonchev–Trinajstić information content (AvgIpc) is 2.69. The normalized spacial score (nSPS) is 20.1. The quantitative estimate of drug-likeness (QED) is 0.855. The highest BCUT2D eigenvalue weighted by Gasteiger charge is 2.29. The summed E-state index contributed by atoms with van der Waals surface area (Å²) in [6, 6.07) is 8.40. The van der Waals surface area contributed by atoms with Crippen molar-refractivity contribution in [1.82, 2.24) is 14.5 Å². The molecule has 0 aromatic heterocycles. The Morgan fingerprint density at radius 3 is 2.31 bits per heavy atom. The van der Waals surface area contributed by atoms with Gasteiger partial charge in [0.25, 0.3) is 0 Å². The van der Waals surface area contributed by atoms with Gasteiger partial charge in [0.05, 0.1) is 4.90 Å². The molecule has 7 heteroatoms. The van der Waals surface area contributed by atoms with Crippen molar-refractivity contribution >= 4 is 16.1 Å². The van der Waals surface area contributed by atoms with Crippen LogP contribution in [0.2, 0.25) is 0 Å². The van der Waals surface area contributed by atoms with Crippen LogP contribution in [0.25, 0.3) is 0 Å². The van der Waals surface area contributed by atoms with E-state index in [2.05, 4.69) is 5.32 Å². The van der Waals surface area contributed by atoms with Crippen molar-refractivity contribution in [1.29, 1.82) is 0 Å². The number of urea groups is 1. The monoisotopic (exact) mass is 379 g/mol. The van der Waals surface area contributed by atoms with E-state index < -0.39 is 10.0 Å². The van der Waals surface area contributed by atoms with Gasteiger partial charge in [0.1, 0.15) is 0 Å². The standard InChI is InChI=1S/C19H29N3O3S/c23-19(20-12-11-17-7-3-1-4-8-17)21-13-15-22(16-14-21)26(24,25)18-9-5-2-6-10-18/h2,5-6,9-10,17H,1,3-4,7-8,11-16H2,(H,20,23). The third-order valence-electron chi connectivity index (χ3n) is 5.46. The van der Waals surface area contributed by atoms with Crippen LogP contribution in [0.5, 0.6) is 0 Å². The number of amides is 2. The first kappa shape index (κ1) is 19.2. The van der Waals surface area contributed by atoms with E-state index in [9.17, 15) is 13.2 Å². The van der Waals surface area contributed by atoms with Gasteiger partial charge in [-0.2, -0.15) is 4.31 Å². The summed E-state index contributed by atoms with van der Waals surface area (Å²) in [5.41, 5.74) is 0. The second-order valence-electron chi connectivity index (χ2n) is 7.23. The molecule has 26 heavy (non-hydrogen) atoms. The first-order chi connectivity index (χ1) is 12.6. The van der Waals surface area contributed by atoms with Crippen LogP contribution in [0.3, 0.4) is 0 Å². The van der Waals surface area contributed by atoms with E-state index in [0.29, 0.717) is 37.6 Å². The van der Waals surface area contributed by atoms with Crippen molar-refractivity contribution < 1.29 is 13.2 Å². The third kappa shape index (κ3) is 4.76. The van der Waals surface area contributed by atoms with Crippen molar-refractivity contribution in [3.05, 3.63) is 30.3 Å². The molecule has 1 aromatic rings. The molecule has 0 radical (unpaired) electrons. The molecule has 2 amide bonds. The van der Waals surface area contributed by atoms with Crippen LogP contribution in [0.4, 0.5) is 4.79 Å². The van der Waals surface area contributed by atoms with Crippen LogP contribution in [0.15, 0.2) is 35.2 Å². The Hall–Kier alpha value is -1.60. The van der Waals surface area contributed by atoms with Gasteiger partial charge in [-0.25, -0.2) is 13.2 Å². The van der Waals surface area contributed by atoms with E-state index >= 15 is 0 Å². The SMILES string of the molecule is O=C(NCCC1CCCCC1)N1CCN(S(=O)(=O)c2ccccc2)CC1. The summed E-state index contributed by atoms with van der Waals surface area (Å²) in [6.45, 7) is 2.26. The Morgan fingerprint density at radius 2 is 1.65 bits per heavy atom. The predicted molar refractivity (Wildman–Crippen MR) is 101 cm³/mol. The fourth-order valence-corrected chi connectivity index (χ4v) is 5.29. The lowest BCUT2D eigenvalue weighted by Gasteiger charge is -2.34. The molecule has 2 aliphatic rings. The predicted octanol–water partition coefficient (Wildman–Crippen LogP) is 2.67. The van der Waals surface area contributed by atoms with E-state index in [1.165, 1.54) is 36.4 Å². The molecule has 3 rings (SSSR count). The zero-order valence-corrected chi connectivity index (χ0v) is 16.1. The smallest absolute Gasteiger partial charge is 0.317 e. The highest BCUT2D eigenvalue weighted by Crippen LogP contribution is 2.25. The molecule has 0 unspecified atom stereocenters. The van der Waals surface area contributed by atoms with Crippen LogP contribution in [-0.2, 0) is 10.0 Å². The van der Waals surface area contributed by atoms with Crippen LogP contribution in [-0.4, -0.2) is 56.4 Å². The maximum atomic E-state index is 12.6. The van der Waals surface area contributed by atoms with Gasteiger partial charge in [-0.1, -0.05) is 50.3 Å². The lowest BCUT2D eigenvalue weighted by Crippen LogP contribution is -2.53. The third-order valence-corrected chi connectivity index (χ3v) is 7.37. The molecular formula is C19H29N3O3S. The second kappa shape index (κ2) is 8.86. The first-order valence-corrected chi connectivity index (χ1v) is 11.1. The minimum atomic E-state index is -3.47. The van der Waals surface area contributed by atoms with Crippen molar-refractivity contribution in [2.24, 2.45) is 5.92 Å². The lowest BCUT2D eigenvalue weighted by molar-refractivity contribution is 0.171. The van der Waals surface area contributed by atoms with Crippen LogP contribution in [0.1, 0.15) is 38.5 Å². The van der Waals surface area contributed by atoms with E-state index in [1.54, 1.807) is 35.2 Å². The molecule has 144 valence electrons. The van der Waals surface area contributed by atoms with Gasteiger partial charge in [0.15, 0.2) is 0 Å². The molecule has 1 heterocycles. The lowest BCUT2D eigenvalue weighted by atomic mass is 9.87. The number of piperazine rings is 1. The summed E-state index contributed by atoms with van der Waals surface area (Å²) in [7, 11) is -3.47. The van der Waals surface area contributed by atoms with Gasteiger partial charge >= 0.3 is 6.03 Å². The van der Waals surface area contributed by atoms with Gasteiger partial charge in [-0.15, -0.1) is 0 Å². The van der Waals surface area contributed by atoms with Crippen molar-refractivity contribution in [3.8, 4) is 0 Å². The zero-order valence-electron chi connectivity index (χ0n) is 15.3.